The molecule has 1 rings (SSSR count). The molecule has 98 valence electrons. The summed E-state index contributed by atoms with van der Waals surface area (Å²) in [5.74, 6) is -0.0593. The van der Waals surface area contributed by atoms with Crippen LogP contribution in [-0.4, -0.2) is 29.8 Å². The van der Waals surface area contributed by atoms with Crippen molar-refractivity contribution in [2.75, 3.05) is 13.1 Å². The number of carbonyl (C=O) groups is 2. The van der Waals surface area contributed by atoms with Gasteiger partial charge in [0.05, 0.1) is 0 Å². The summed E-state index contributed by atoms with van der Waals surface area (Å²) < 4.78 is 0. The third kappa shape index (κ3) is 4.99. The molecular weight excluding hydrogens is 228 g/mol. The van der Waals surface area contributed by atoms with Crippen molar-refractivity contribution in [2.24, 2.45) is 0 Å². The molecule has 1 aromatic rings. The zero-order valence-corrected chi connectivity index (χ0v) is 11.2. The number of nitrogens with one attached hydrogen (secondary N) is 1. The summed E-state index contributed by atoms with van der Waals surface area (Å²) in [6.07, 6.45) is 0. The molecule has 0 saturated heterocycles. The molecule has 0 saturated carbocycles. The highest BCUT2D eigenvalue weighted by molar-refractivity contribution is 5.74. The molecule has 0 aliphatic rings. The van der Waals surface area contributed by atoms with E-state index in [4.69, 9.17) is 0 Å². The second kappa shape index (κ2) is 6.79. The van der Waals surface area contributed by atoms with Gasteiger partial charge in [-0.1, -0.05) is 29.8 Å². The largest absolute Gasteiger partial charge is 0.355 e. The van der Waals surface area contributed by atoms with E-state index in [-0.39, 0.29) is 11.8 Å². The lowest BCUT2D eigenvalue weighted by Crippen LogP contribution is -2.36. The van der Waals surface area contributed by atoms with Crippen LogP contribution in [0.5, 0.6) is 0 Å². The SMILES string of the molecule is CC(=O)NCCN(Cc1cccc(C)c1)C(C)=O. The van der Waals surface area contributed by atoms with Crippen LogP contribution in [0.3, 0.4) is 0 Å². The molecule has 4 heteroatoms. The van der Waals surface area contributed by atoms with E-state index in [2.05, 4.69) is 11.4 Å². The van der Waals surface area contributed by atoms with Gasteiger partial charge in [-0.2, -0.15) is 0 Å². The highest BCUT2D eigenvalue weighted by Gasteiger charge is 2.09. The van der Waals surface area contributed by atoms with Crippen molar-refractivity contribution >= 4 is 11.8 Å². The van der Waals surface area contributed by atoms with Crippen molar-refractivity contribution in [1.82, 2.24) is 10.2 Å². The van der Waals surface area contributed by atoms with Crippen molar-refractivity contribution in [3.63, 3.8) is 0 Å². The quantitative estimate of drug-likeness (QED) is 0.858. The Hall–Kier alpha value is -1.84. The van der Waals surface area contributed by atoms with Crippen molar-refractivity contribution in [3.05, 3.63) is 35.4 Å². The number of nitrogens with zero attached hydrogens (tertiary/aromatic N) is 1. The first-order valence-corrected chi connectivity index (χ1v) is 6.04. The first kappa shape index (κ1) is 14.2. The topological polar surface area (TPSA) is 49.4 Å². The number of carbonyl (C=O) groups excluding carboxylic acids is 2. The molecule has 2 amide bonds. The van der Waals surface area contributed by atoms with E-state index in [0.29, 0.717) is 19.6 Å². The first-order valence-electron chi connectivity index (χ1n) is 6.04. The lowest BCUT2D eigenvalue weighted by Gasteiger charge is -2.21. The molecular formula is C14H20N2O2. The summed E-state index contributed by atoms with van der Waals surface area (Å²) in [6.45, 7) is 6.64. The number of hydrogen-bond donors (Lipinski definition) is 1. The van der Waals surface area contributed by atoms with E-state index < -0.39 is 0 Å². The van der Waals surface area contributed by atoms with Crippen LogP contribution >= 0.6 is 0 Å². The molecule has 0 aliphatic carbocycles. The van der Waals surface area contributed by atoms with E-state index in [1.165, 1.54) is 12.5 Å². The zero-order valence-electron chi connectivity index (χ0n) is 11.2. The van der Waals surface area contributed by atoms with E-state index in [0.717, 1.165) is 5.56 Å². The van der Waals surface area contributed by atoms with Gasteiger partial charge in [0.2, 0.25) is 11.8 Å². The predicted octanol–water partition coefficient (Wildman–Crippen LogP) is 1.48. The Morgan fingerprint density at radius 3 is 2.56 bits per heavy atom. The van der Waals surface area contributed by atoms with Gasteiger partial charge in [0, 0.05) is 33.5 Å². The normalized spacial score (nSPS) is 9.94. The van der Waals surface area contributed by atoms with Gasteiger partial charge in [-0.3, -0.25) is 9.59 Å². The highest BCUT2D eigenvalue weighted by atomic mass is 16.2. The molecule has 1 N–H and O–H groups in total. The highest BCUT2D eigenvalue weighted by Crippen LogP contribution is 2.07. The average molecular weight is 248 g/mol. The monoisotopic (exact) mass is 248 g/mol. The maximum atomic E-state index is 11.5. The smallest absolute Gasteiger partial charge is 0.219 e. The van der Waals surface area contributed by atoms with Crippen molar-refractivity contribution < 1.29 is 9.59 Å². The van der Waals surface area contributed by atoms with Gasteiger partial charge in [-0.05, 0) is 12.5 Å². The zero-order chi connectivity index (χ0) is 13.5. The summed E-state index contributed by atoms with van der Waals surface area (Å²) in [5, 5.41) is 2.70. The van der Waals surface area contributed by atoms with Gasteiger partial charge < -0.3 is 10.2 Å². The average Bonchev–Trinajstić information content (AvgIpc) is 2.27. The van der Waals surface area contributed by atoms with Gasteiger partial charge in [-0.15, -0.1) is 0 Å². The van der Waals surface area contributed by atoms with Gasteiger partial charge in [0.1, 0.15) is 0 Å². The molecule has 4 nitrogen and oxygen atoms in total. The van der Waals surface area contributed by atoms with Crippen LogP contribution in [0.1, 0.15) is 25.0 Å². The van der Waals surface area contributed by atoms with Crippen molar-refractivity contribution in [1.29, 1.82) is 0 Å². The number of amides is 2. The minimum atomic E-state index is -0.0749. The first-order chi connectivity index (χ1) is 8.49. The van der Waals surface area contributed by atoms with Crippen LogP contribution < -0.4 is 5.32 Å². The molecule has 0 radical (unpaired) electrons. The van der Waals surface area contributed by atoms with Gasteiger partial charge in [0.15, 0.2) is 0 Å². The van der Waals surface area contributed by atoms with Crippen LogP contribution in [0.25, 0.3) is 0 Å². The van der Waals surface area contributed by atoms with Crippen LogP contribution in [0.15, 0.2) is 24.3 Å². The van der Waals surface area contributed by atoms with Gasteiger partial charge >= 0.3 is 0 Å². The second-order valence-corrected chi connectivity index (χ2v) is 4.41. The summed E-state index contributed by atoms with van der Waals surface area (Å²) in [7, 11) is 0. The number of aryl methyl sites for hydroxylation is 1. The molecule has 0 spiro atoms. The fourth-order valence-electron chi connectivity index (χ4n) is 1.75. The van der Waals surface area contributed by atoms with Gasteiger partial charge in [-0.25, -0.2) is 0 Å². The lowest BCUT2D eigenvalue weighted by molar-refractivity contribution is -0.130. The van der Waals surface area contributed by atoms with Crippen LogP contribution in [0.2, 0.25) is 0 Å². The number of benzene rings is 1. The molecule has 0 aliphatic heterocycles. The molecule has 0 unspecified atom stereocenters. The Balaban J connectivity index is 2.57. The van der Waals surface area contributed by atoms with Crippen molar-refractivity contribution in [3.8, 4) is 0 Å². The van der Waals surface area contributed by atoms with Crippen LogP contribution in [-0.2, 0) is 16.1 Å². The second-order valence-electron chi connectivity index (χ2n) is 4.41. The minimum Gasteiger partial charge on any atom is -0.355 e. The standard InChI is InChI=1S/C14H20N2O2/c1-11-5-4-6-14(9-11)10-16(13(3)18)8-7-15-12(2)17/h4-6,9H,7-8,10H2,1-3H3,(H,15,17). The molecule has 0 bridgehead atoms. The number of rotatable bonds is 5. The molecule has 1 aromatic carbocycles. The summed E-state index contributed by atoms with van der Waals surface area (Å²) >= 11 is 0. The Morgan fingerprint density at radius 2 is 2.00 bits per heavy atom. The number of hydrogen-bond acceptors (Lipinski definition) is 2. The predicted molar refractivity (Wildman–Crippen MR) is 71.0 cm³/mol. The summed E-state index contributed by atoms with van der Waals surface area (Å²) in [6, 6.07) is 8.07. The third-order valence-corrected chi connectivity index (χ3v) is 2.66. The van der Waals surface area contributed by atoms with E-state index >= 15 is 0 Å². The Morgan fingerprint density at radius 1 is 1.28 bits per heavy atom. The molecule has 0 fully saturated rings. The van der Waals surface area contributed by atoms with Crippen LogP contribution in [0, 0.1) is 6.92 Å². The minimum absolute atomic E-state index is 0.0156. The maximum absolute atomic E-state index is 11.5. The van der Waals surface area contributed by atoms with E-state index in [9.17, 15) is 9.59 Å². The Labute approximate surface area is 108 Å². The maximum Gasteiger partial charge on any atom is 0.219 e. The Kier molecular flexibility index (Phi) is 5.36. The molecule has 18 heavy (non-hydrogen) atoms. The lowest BCUT2D eigenvalue weighted by atomic mass is 10.1. The van der Waals surface area contributed by atoms with Crippen molar-refractivity contribution in [2.45, 2.75) is 27.3 Å². The summed E-state index contributed by atoms with van der Waals surface area (Å²) in [4.78, 5) is 24.0. The molecule has 0 atom stereocenters. The van der Waals surface area contributed by atoms with Gasteiger partial charge in [0.25, 0.3) is 0 Å². The van der Waals surface area contributed by atoms with E-state index in [1.54, 1.807) is 11.8 Å². The Bertz CT molecular complexity index is 430. The molecule has 0 heterocycles. The summed E-state index contributed by atoms with van der Waals surface area (Å²) in [5.41, 5.74) is 2.28. The van der Waals surface area contributed by atoms with Crippen LogP contribution in [0.4, 0.5) is 0 Å². The fourth-order valence-corrected chi connectivity index (χ4v) is 1.75. The van der Waals surface area contributed by atoms with E-state index in [1.807, 2.05) is 25.1 Å². The fraction of sp³-hybridized carbons (Fsp3) is 0.429. The third-order valence-electron chi connectivity index (χ3n) is 2.66. The molecule has 0 aromatic heterocycles.